The molecule has 2 atom stereocenters. The molecule has 0 bridgehead atoms. The van der Waals surface area contributed by atoms with Crippen LogP contribution in [-0.2, 0) is 0 Å². The Balaban J connectivity index is 2.48. The van der Waals surface area contributed by atoms with E-state index in [2.05, 4.69) is 47.3 Å². The summed E-state index contributed by atoms with van der Waals surface area (Å²) >= 11 is 0. The molecule has 0 amide bonds. The summed E-state index contributed by atoms with van der Waals surface area (Å²) in [6.45, 7) is 13.9. The van der Waals surface area contributed by atoms with Crippen molar-refractivity contribution in [2.75, 3.05) is 0 Å². The van der Waals surface area contributed by atoms with Crippen molar-refractivity contribution < 1.29 is 0 Å². The van der Waals surface area contributed by atoms with Crippen LogP contribution < -0.4 is 0 Å². The molecule has 0 aromatic carbocycles. The van der Waals surface area contributed by atoms with Gasteiger partial charge in [-0.25, -0.2) is 0 Å². The maximum Gasteiger partial charge on any atom is -0.0209 e. The van der Waals surface area contributed by atoms with E-state index in [1.807, 2.05) is 0 Å². The van der Waals surface area contributed by atoms with Gasteiger partial charge in [0.2, 0.25) is 0 Å². The zero-order chi connectivity index (χ0) is 13.0. The van der Waals surface area contributed by atoms with Crippen molar-refractivity contribution in [2.24, 2.45) is 23.7 Å². The Labute approximate surface area is 108 Å². The first-order valence-corrected chi connectivity index (χ1v) is 7.38. The van der Waals surface area contributed by atoms with Crippen LogP contribution in [0.25, 0.3) is 0 Å². The largest absolute Gasteiger partial charge is 0.123 e. The molecule has 0 heteroatoms. The maximum atomic E-state index is 3.62. The Morgan fingerprint density at radius 2 is 1.82 bits per heavy atom. The predicted molar refractivity (Wildman–Crippen MR) is 77.0 cm³/mol. The van der Waals surface area contributed by atoms with E-state index in [1.165, 1.54) is 31.3 Å². The van der Waals surface area contributed by atoms with Crippen molar-refractivity contribution in [3.8, 4) is 0 Å². The average Bonchev–Trinajstić information content (AvgIpc) is 2.19. The molecule has 2 unspecified atom stereocenters. The van der Waals surface area contributed by atoms with Crippen LogP contribution in [0, 0.1) is 23.7 Å². The highest BCUT2D eigenvalue weighted by atomic mass is 14.3. The fraction of sp³-hybridized carbons (Fsp3) is 0.824. The van der Waals surface area contributed by atoms with Crippen molar-refractivity contribution in [2.45, 2.75) is 67.2 Å². The molecule has 1 saturated carbocycles. The van der Waals surface area contributed by atoms with Crippen LogP contribution >= 0.6 is 0 Å². The average molecular weight is 234 g/mol. The van der Waals surface area contributed by atoms with Gasteiger partial charge < -0.3 is 0 Å². The van der Waals surface area contributed by atoms with Crippen LogP contribution in [0.15, 0.2) is 16.9 Å². The van der Waals surface area contributed by atoms with Crippen molar-refractivity contribution >= 4 is 0 Å². The summed E-state index contributed by atoms with van der Waals surface area (Å²) < 4.78 is 0. The molecule has 1 rings (SSSR count). The van der Waals surface area contributed by atoms with Crippen LogP contribution in [0.2, 0.25) is 0 Å². The van der Waals surface area contributed by atoms with Crippen LogP contribution in [0.5, 0.6) is 0 Å². The van der Waals surface area contributed by atoms with E-state index in [9.17, 15) is 0 Å². The fourth-order valence-electron chi connectivity index (χ4n) is 2.85. The molecule has 0 heterocycles. The molecule has 17 heavy (non-hydrogen) atoms. The van der Waals surface area contributed by atoms with Gasteiger partial charge in [0.15, 0.2) is 0 Å². The summed E-state index contributed by atoms with van der Waals surface area (Å²) in [5.74, 6) is 3.45. The molecule has 0 spiro atoms. The second-order valence-corrected chi connectivity index (χ2v) is 6.52. The smallest absolute Gasteiger partial charge is 0.0209 e. The topological polar surface area (TPSA) is 0 Å². The number of rotatable bonds is 5. The SMILES string of the molecule is CCC(C)C(C)C1CC(=C=C(C)CC(C)C)C1. The molecule has 98 valence electrons. The van der Waals surface area contributed by atoms with Crippen LogP contribution in [-0.4, -0.2) is 0 Å². The molecule has 1 fully saturated rings. The zero-order valence-electron chi connectivity index (χ0n) is 12.6. The highest BCUT2D eigenvalue weighted by Crippen LogP contribution is 2.41. The van der Waals surface area contributed by atoms with Gasteiger partial charge in [0.05, 0.1) is 0 Å². The summed E-state index contributed by atoms with van der Waals surface area (Å²) in [4.78, 5) is 0. The van der Waals surface area contributed by atoms with Gasteiger partial charge in [-0.3, -0.25) is 0 Å². The Morgan fingerprint density at radius 3 is 2.29 bits per heavy atom. The Hall–Kier alpha value is -0.480. The molecule has 0 aromatic heterocycles. The minimum atomic E-state index is 0.762. The summed E-state index contributed by atoms with van der Waals surface area (Å²) in [6, 6.07) is 0. The van der Waals surface area contributed by atoms with Crippen molar-refractivity contribution in [1.82, 2.24) is 0 Å². The minimum absolute atomic E-state index is 0.762. The van der Waals surface area contributed by atoms with Gasteiger partial charge in [-0.15, -0.1) is 5.73 Å². The predicted octanol–water partition coefficient (Wildman–Crippen LogP) is 5.60. The van der Waals surface area contributed by atoms with E-state index in [1.54, 1.807) is 5.57 Å². The second kappa shape index (κ2) is 6.45. The second-order valence-electron chi connectivity index (χ2n) is 6.52. The van der Waals surface area contributed by atoms with Gasteiger partial charge in [-0.05, 0) is 61.0 Å². The van der Waals surface area contributed by atoms with Crippen LogP contribution in [0.1, 0.15) is 67.2 Å². The van der Waals surface area contributed by atoms with Gasteiger partial charge in [-0.2, -0.15) is 0 Å². The molecule has 0 radical (unpaired) electrons. The molecular weight excluding hydrogens is 204 g/mol. The van der Waals surface area contributed by atoms with E-state index in [0.717, 1.165) is 23.7 Å². The summed E-state index contributed by atoms with van der Waals surface area (Å²) in [5, 5.41) is 0. The van der Waals surface area contributed by atoms with Crippen molar-refractivity contribution in [3.05, 3.63) is 16.9 Å². The number of hydrogen-bond donors (Lipinski definition) is 0. The maximum absolute atomic E-state index is 3.62. The van der Waals surface area contributed by atoms with E-state index < -0.39 is 0 Å². The zero-order valence-corrected chi connectivity index (χ0v) is 12.6. The molecule has 1 aliphatic rings. The van der Waals surface area contributed by atoms with Crippen molar-refractivity contribution in [3.63, 3.8) is 0 Å². The first kappa shape index (κ1) is 14.6. The summed E-state index contributed by atoms with van der Waals surface area (Å²) in [5.41, 5.74) is 6.64. The minimum Gasteiger partial charge on any atom is -0.123 e. The molecule has 1 aliphatic carbocycles. The molecular formula is C17H30. The molecule has 0 nitrogen and oxygen atoms in total. The number of hydrogen-bond acceptors (Lipinski definition) is 0. The standard InChI is InChI=1S/C17H30/c1-7-14(5)15(6)17-10-16(11-17)9-13(4)8-12(2)3/h12,14-15,17H,7-8,10-11H2,1-6H3. The Morgan fingerprint density at radius 1 is 1.24 bits per heavy atom. The van der Waals surface area contributed by atoms with Gasteiger partial charge in [0.1, 0.15) is 0 Å². The van der Waals surface area contributed by atoms with Gasteiger partial charge in [0.25, 0.3) is 0 Å². The molecule has 0 saturated heterocycles. The van der Waals surface area contributed by atoms with Gasteiger partial charge in [-0.1, -0.05) is 41.0 Å². The fourth-order valence-corrected chi connectivity index (χ4v) is 2.85. The van der Waals surface area contributed by atoms with Crippen molar-refractivity contribution in [1.29, 1.82) is 0 Å². The third-order valence-corrected chi connectivity index (χ3v) is 4.41. The third-order valence-electron chi connectivity index (χ3n) is 4.41. The lowest BCUT2D eigenvalue weighted by Crippen LogP contribution is -2.26. The third kappa shape index (κ3) is 4.36. The van der Waals surface area contributed by atoms with E-state index >= 15 is 0 Å². The number of allylic oxidation sites excluding steroid dienone is 1. The quantitative estimate of drug-likeness (QED) is 0.543. The van der Waals surface area contributed by atoms with Gasteiger partial charge >= 0.3 is 0 Å². The lowest BCUT2D eigenvalue weighted by atomic mass is 9.69. The van der Waals surface area contributed by atoms with Crippen LogP contribution in [0.3, 0.4) is 0 Å². The summed E-state index contributed by atoms with van der Waals surface area (Å²) in [6.07, 6.45) is 5.13. The lowest BCUT2D eigenvalue weighted by Gasteiger charge is -2.36. The molecule has 0 aromatic rings. The first-order chi connectivity index (χ1) is 7.93. The van der Waals surface area contributed by atoms with E-state index in [4.69, 9.17) is 0 Å². The Kier molecular flexibility index (Phi) is 5.53. The molecule has 0 aliphatic heterocycles. The summed E-state index contributed by atoms with van der Waals surface area (Å²) in [7, 11) is 0. The molecule has 0 N–H and O–H groups in total. The Bertz CT molecular complexity index is 294. The lowest BCUT2D eigenvalue weighted by molar-refractivity contribution is 0.212. The van der Waals surface area contributed by atoms with Gasteiger partial charge in [0, 0.05) is 0 Å². The van der Waals surface area contributed by atoms with E-state index in [-0.39, 0.29) is 0 Å². The van der Waals surface area contributed by atoms with E-state index in [0.29, 0.717) is 0 Å². The highest BCUT2D eigenvalue weighted by Gasteiger charge is 2.30. The normalized spacial score (nSPS) is 23.0. The monoisotopic (exact) mass is 234 g/mol. The highest BCUT2D eigenvalue weighted by molar-refractivity contribution is 5.16. The van der Waals surface area contributed by atoms with Crippen LogP contribution in [0.4, 0.5) is 0 Å². The first-order valence-electron chi connectivity index (χ1n) is 7.38.